The summed E-state index contributed by atoms with van der Waals surface area (Å²) in [4.78, 5) is 12.3. The Kier molecular flexibility index (Phi) is 4.21. The molecule has 0 bridgehead atoms. The van der Waals surface area contributed by atoms with Crippen molar-refractivity contribution >= 4 is 33.2 Å². The van der Waals surface area contributed by atoms with E-state index in [1.54, 1.807) is 24.8 Å². The molecule has 0 radical (unpaired) electrons. The van der Waals surface area contributed by atoms with Gasteiger partial charge in [-0.15, -0.1) is 11.8 Å². The van der Waals surface area contributed by atoms with E-state index in [0.717, 1.165) is 16.2 Å². The summed E-state index contributed by atoms with van der Waals surface area (Å²) < 4.78 is 0. The second-order valence-corrected chi connectivity index (χ2v) is 5.42. The largest absolute Gasteiger partial charge is 0.295 e. The molecular weight excluding hydrogens is 240 g/mol. The third-order valence-electron chi connectivity index (χ3n) is 2.67. The summed E-state index contributed by atoms with van der Waals surface area (Å²) in [5, 5.41) is 2.44. The lowest BCUT2D eigenvalue weighted by Crippen LogP contribution is -1.88. The molecule has 0 aromatic heterocycles. The Morgan fingerprint density at radius 1 is 1.17 bits per heavy atom. The van der Waals surface area contributed by atoms with E-state index in [9.17, 15) is 4.79 Å². The van der Waals surface area contributed by atoms with Crippen LogP contribution < -0.4 is 0 Å². The molecule has 0 atom stereocenters. The SMILES string of the molecule is CCS/C(=C/C(C)=O)c1ccc2ccccc2c1. The summed E-state index contributed by atoms with van der Waals surface area (Å²) in [6.45, 7) is 3.69. The molecule has 0 heterocycles. The molecule has 0 unspecified atom stereocenters. The fourth-order valence-corrected chi connectivity index (χ4v) is 2.74. The monoisotopic (exact) mass is 256 g/mol. The summed E-state index contributed by atoms with van der Waals surface area (Å²) >= 11 is 1.71. The van der Waals surface area contributed by atoms with Gasteiger partial charge in [-0.1, -0.05) is 43.3 Å². The Morgan fingerprint density at radius 3 is 2.56 bits per heavy atom. The quantitative estimate of drug-likeness (QED) is 0.748. The van der Waals surface area contributed by atoms with E-state index in [4.69, 9.17) is 0 Å². The summed E-state index contributed by atoms with van der Waals surface area (Å²) in [5.74, 6) is 1.06. The second-order valence-electron chi connectivity index (χ2n) is 4.11. The number of fused-ring (bicyclic) bond motifs is 1. The number of ketones is 1. The normalized spacial score (nSPS) is 11.8. The molecule has 0 amide bonds. The van der Waals surface area contributed by atoms with Crippen molar-refractivity contribution in [2.75, 3.05) is 5.75 Å². The van der Waals surface area contributed by atoms with E-state index in [-0.39, 0.29) is 5.78 Å². The van der Waals surface area contributed by atoms with Crippen LogP contribution >= 0.6 is 11.8 Å². The average molecular weight is 256 g/mol. The van der Waals surface area contributed by atoms with Crippen molar-refractivity contribution in [2.24, 2.45) is 0 Å². The number of hydrogen-bond acceptors (Lipinski definition) is 2. The van der Waals surface area contributed by atoms with Crippen molar-refractivity contribution in [1.29, 1.82) is 0 Å². The van der Waals surface area contributed by atoms with Crippen LogP contribution in [-0.2, 0) is 4.79 Å². The molecule has 2 heteroatoms. The predicted octanol–water partition coefficient (Wildman–Crippen LogP) is 4.52. The van der Waals surface area contributed by atoms with E-state index in [1.807, 2.05) is 12.1 Å². The Hall–Kier alpha value is -1.54. The van der Waals surface area contributed by atoms with Gasteiger partial charge in [-0.2, -0.15) is 0 Å². The topological polar surface area (TPSA) is 17.1 Å². The molecule has 2 rings (SSSR count). The van der Waals surface area contributed by atoms with Gasteiger partial charge in [0, 0.05) is 4.91 Å². The van der Waals surface area contributed by atoms with E-state index >= 15 is 0 Å². The minimum Gasteiger partial charge on any atom is -0.295 e. The third-order valence-corrected chi connectivity index (χ3v) is 3.62. The highest BCUT2D eigenvalue weighted by atomic mass is 32.2. The number of benzene rings is 2. The number of carbonyl (C=O) groups excluding carboxylic acids is 1. The van der Waals surface area contributed by atoms with E-state index in [1.165, 1.54) is 10.8 Å². The van der Waals surface area contributed by atoms with Gasteiger partial charge in [-0.25, -0.2) is 0 Å². The van der Waals surface area contributed by atoms with Crippen LogP contribution in [0.1, 0.15) is 19.4 Å². The van der Waals surface area contributed by atoms with Gasteiger partial charge in [0.15, 0.2) is 5.78 Å². The van der Waals surface area contributed by atoms with Gasteiger partial charge in [-0.3, -0.25) is 4.79 Å². The van der Waals surface area contributed by atoms with Crippen molar-refractivity contribution < 1.29 is 4.79 Å². The van der Waals surface area contributed by atoms with Crippen molar-refractivity contribution in [3.63, 3.8) is 0 Å². The molecule has 92 valence electrons. The van der Waals surface area contributed by atoms with Crippen LogP contribution in [-0.4, -0.2) is 11.5 Å². The van der Waals surface area contributed by atoms with Crippen LogP contribution in [0.5, 0.6) is 0 Å². The summed E-state index contributed by atoms with van der Waals surface area (Å²) in [6, 6.07) is 14.6. The number of allylic oxidation sites excluding steroid dienone is 1. The van der Waals surface area contributed by atoms with Crippen molar-refractivity contribution in [3.05, 3.63) is 54.1 Å². The molecule has 0 aliphatic heterocycles. The van der Waals surface area contributed by atoms with Crippen LogP contribution in [0.15, 0.2) is 48.5 Å². The number of carbonyl (C=O) groups is 1. The van der Waals surface area contributed by atoms with Crippen LogP contribution in [0.2, 0.25) is 0 Å². The molecule has 0 fully saturated rings. The van der Waals surface area contributed by atoms with Crippen molar-refractivity contribution in [1.82, 2.24) is 0 Å². The number of thioether (sulfide) groups is 1. The lowest BCUT2D eigenvalue weighted by atomic mass is 10.1. The highest BCUT2D eigenvalue weighted by Gasteiger charge is 2.04. The Labute approximate surface area is 112 Å². The molecule has 0 aliphatic rings. The maximum Gasteiger partial charge on any atom is 0.153 e. The second kappa shape index (κ2) is 5.87. The molecular formula is C16H16OS. The molecule has 1 nitrogen and oxygen atoms in total. The smallest absolute Gasteiger partial charge is 0.153 e. The van der Waals surface area contributed by atoms with Gasteiger partial charge in [0.2, 0.25) is 0 Å². The lowest BCUT2D eigenvalue weighted by molar-refractivity contribution is -0.112. The minimum atomic E-state index is 0.0964. The highest BCUT2D eigenvalue weighted by Crippen LogP contribution is 2.29. The van der Waals surface area contributed by atoms with Crippen LogP contribution in [0.3, 0.4) is 0 Å². The minimum absolute atomic E-state index is 0.0964. The fraction of sp³-hybridized carbons (Fsp3) is 0.188. The van der Waals surface area contributed by atoms with E-state index < -0.39 is 0 Å². The Morgan fingerprint density at radius 2 is 1.89 bits per heavy atom. The number of hydrogen-bond donors (Lipinski definition) is 0. The van der Waals surface area contributed by atoms with Crippen LogP contribution in [0, 0.1) is 0 Å². The molecule has 0 aliphatic carbocycles. The summed E-state index contributed by atoms with van der Waals surface area (Å²) in [6.07, 6.45) is 1.72. The first kappa shape index (κ1) is 12.9. The van der Waals surface area contributed by atoms with Crippen molar-refractivity contribution in [2.45, 2.75) is 13.8 Å². The van der Waals surface area contributed by atoms with Gasteiger partial charge >= 0.3 is 0 Å². The summed E-state index contributed by atoms with van der Waals surface area (Å²) in [5.41, 5.74) is 1.12. The maximum absolute atomic E-state index is 11.3. The fourth-order valence-electron chi connectivity index (χ4n) is 1.89. The summed E-state index contributed by atoms with van der Waals surface area (Å²) in [7, 11) is 0. The lowest BCUT2D eigenvalue weighted by Gasteiger charge is -2.07. The first-order valence-electron chi connectivity index (χ1n) is 6.05. The van der Waals surface area contributed by atoms with Crippen molar-refractivity contribution in [3.8, 4) is 0 Å². The first-order valence-corrected chi connectivity index (χ1v) is 7.03. The standard InChI is InChI=1S/C16H16OS/c1-3-18-16(10-12(2)17)15-9-8-13-6-4-5-7-14(13)11-15/h4-11H,3H2,1-2H3/b16-10+. The van der Waals surface area contributed by atoms with Gasteiger partial charge in [0.25, 0.3) is 0 Å². The molecule has 0 spiro atoms. The van der Waals surface area contributed by atoms with Gasteiger partial charge in [0.1, 0.15) is 0 Å². The molecule has 2 aromatic carbocycles. The van der Waals surface area contributed by atoms with Gasteiger partial charge in [-0.05, 0) is 41.2 Å². The van der Waals surface area contributed by atoms with Gasteiger partial charge in [0.05, 0.1) is 0 Å². The predicted molar refractivity (Wildman–Crippen MR) is 80.7 cm³/mol. The maximum atomic E-state index is 11.3. The molecule has 2 aromatic rings. The highest BCUT2D eigenvalue weighted by molar-refractivity contribution is 8.08. The van der Waals surface area contributed by atoms with Crippen LogP contribution in [0.4, 0.5) is 0 Å². The average Bonchev–Trinajstić information content (AvgIpc) is 2.37. The zero-order chi connectivity index (χ0) is 13.0. The number of rotatable bonds is 4. The Bertz CT molecular complexity index is 599. The Balaban J connectivity index is 2.47. The zero-order valence-electron chi connectivity index (χ0n) is 10.6. The first-order chi connectivity index (χ1) is 8.70. The zero-order valence-corrected chi connectivity index (χ0v) is 11.5. The van der Waals surface area contributed by atoms with Gasteiger partial charge < -0.3 is 0 Å². The molecule has 0 saturated heterocycles. The molecule has 0 N–H and O–H groups in total. The van der Waals surface area contributed by atoms with E-state index in [0.29, 0.717) is 0 Å². The van der Waals surface area contributed by atoms with E-state index in [2.05, 4.69) is 37.3 Å². The third kappa shape index (κ3) is 3.02. The molecule has 0 saturated carbocycles. The molecule has 18 heavy (non-hydrogen) atoms. The van der Waals surface area contributed by atoms with Crippen LogP contribution in [0.25, 0.3) is 15.7 Å².